The van der Waals surface area contributed by atoms with Gasteiger partial charge in [-0.1, -0.05) is 31.4 Å². The van der Waals surface area contributed by atoms with E-state index in [1.165, 1.54) is 31.7 Å². The molecule has 20 heavy (non-hydrogen) atoms. The zero-order valence-electron chi connectivity index (χ0n) is 11.8. The second-order valence-corrected chi connectivity index (χ2v) is 6.39. The van der Waals surface area contributed by atoms with Crippen molar-refractivity contribution in [3.05, 3.63) is 23.2 Å². The highest BCUT2D eigenvalue weighted by Crippen LogP contribution is 2.39. The van der Waals surface area contributed by atoms with Crippen LogP contribution in [0.2, 0.25) is 5.15 Å². The Labute approximate surface area is 124 Å². The van der Waals surface area contributed by atoms with Crippen LogP contribution in [0.25, 0.3) is 0 Å². The number of halogens is 1. The maximum atomic E-state index is 12.7. The van der Waals surface area contributed by atoms with E-state index in [1.54, 1.807) is 0 Å². The molecule has 1 saturated carbocycles. The fourth-order valence-corrected chi connectivity index (χ4v) is 3.83. The molecule has 1 aliphatic carbocycles. The first-order valence-electron chi connectivity index (χ1n) is 7.45. The molecule has 0 N–H and O–H groups in total. The molecule has 108 valence electrons. The second kappa shape index (κ2) is 5.68. The minimum Gasteiger partial charge on any atom is -0.334 e. The average Bonchev–Trinajstić information content (AvgIpc) is 2.48. The number of fused-ring (bicyclic) bond motifs is 1. The van der Waals surface area contributed by atoms with Crippen molar-refractivity contribution < 1.29 is 4.79 Å². The van der Waals surface area contributed by atoms with Gasteiger partial charge in [-0.2, -0.15) is 0 Å². The number of hydrogen-bond acceptors (Lipinski definition) is 3. The molecule has 0 radical (unpaired) electrons. The SMILES string of the molecule is CC1CCN(C(=O)c2cnc(Cl)cn2)C2CCCCC12. The summed E-state index contributed by atoms with van der Waals surface area (Å²) in [5.41, 5.74) is 0.410. The summed E-state index contributed by atoms with van der Waals surface area (Å²) in [6.45, 7) is 3.17. The molecule has 2 aliphatic rings. The molecular weight excluding hydrogens is 274 g/mol. The van der Waals surface area contributed by atoms with E-state index < -0.39 is 0 Å². The van der Waals surface area contributed by atoms with Gasteiger partial charge in [-0.15, -0.1) is 0 Å². The third-order valence-electron chi connectivity index (χ3n) is 4.84. The second-order valence-electron chi connectivity index (χ2n) is 6.00. The summed E-state index contributed by atoms with van der Waals surface area (Å²) >= 11 is 5.73. The Kier molecular flexibility index (Phi) is 3.92. The zero-order valence-corrected chi connectivity index (χ0v) is 12.5. The lowest BCUT2D eigenvalue weighted by molar-refractivity contribution is 0.0213. The Morgan fingerprint density at radius 1 is 1.25 bits per heavy atom. The van der Waals surface area contributed by atoms with Crippen LogP contribution < -0.4 is 0 Å². The molecule has 4 nitrogen and oxygen atoms in total. The Bertz CT molecular complexity index is 490. The van der Waals surface area contributed by atoms with Gasteiger partial charge in [-0.05, 0) is 31.1 Å². The van der Waals surface area contributed by atoms with Crippen LogP contribution in [0.15, 0.2) is 12.4 Å². The monoisotopic (exact) mass is 293 g/mol. The van der Waals surface area contributed by atoms with Crippen molar-refractivity contribution in [2.45, 2.75) is 45.1 Å². The van der Waals surface area contributed by atoms with Gasteiger partial charge < -0.3 is 4.90 Å². The van der Waals surface area contributed by atoms with Gasteiger partial charge in [0.05, 0.1) is 12.4 Å². The maximum Gasteiger partial charge on any atom is 0.274 e. The molecule has 3 rings (SSSR count). The smallest absolute Gasteiger partial charge is 0.274 e. The highest BCUT2D eigenvalue weighted by atomic mass is 35.5. The standard InChI is InChI=1S/C15H20ClN3O/c1-10-6-7-19(13-5-3-2-4-11(10)13)15(20)12-8-18-14(16)9-17-12/h8-11,13H,2-7H2,1H3. The Morgan fingerprint density at radius 2 is 2.05 bits per heavy atom. The number of likely N-dealkylation sites (tertiary alicyclic amines) is 1. The molecular formula is C15H20ClN3O. The maximum absolute atomic E-state index is 12.7. The number of piperidine rings is 1. The third kappa shape index (κ3) is 2.53. The largest absolute Gasteiger partial charge is 0.334 e. The first-order valence-corrected chi connectivity index (χ1v) is 7.83. The van der Waals surface area contributed by atoms with Crippen molar-refractivity contribution in [3.8, 4) is 0 Å². The lowest BCUT2D eigenvalue weighted by atomic mass is 9.72. The van der Waals surface area contributed by atoms with E-state index in [0.29, 0.717) is 22.8 Å². The molecule has 0 spiro atoms. The van der Waals surface area contributed by atoms with E-state index >= 15 is 0 Å². The van der Waals surface area contributed by atoms with Gasteiger partial charge in [0.2, 0.25) is 0 Å². The normalized spacial score (nSPS) is 29.9. The number of amides is 1. The molecule has 3 unspecified atom stereocenters. The Hall–Kier alpha value is -1.16. The molecule has 1 saturated heterocycles. The molecule has 1 amide bonds. The topological polar surface area (TPSA) is 46.1 Å². The molecule has 1 aromatic rings. The lowest BCUT2D eigenvalue weighted by Gasteiger charge is -2.47. The van der Waals surface area contributed by atoms with Crippen LogP contribution in [0, 0.1) is 11.8 Å². The van der Waals surface area contributed by atoms with Crippen molar-refractivity contribution in [2.24, 2.45) is 11.8 Å². The summed E-state index contributed by atoms with van der Waals surface area (Å²) in [5.74, 6) is 1.39. The first kappa shape index (κ1) is 13.8. The van der Waals surface area contributed by atoms with Gasteiger partial charge in [0, 0.05) is 12.6 Å². The van der Waals surface area contributed by atoms with Gasteiger partial charge in [-0.25, -0.2) is 9.97 Å². The Morgan fingerprint density at radius 3 is 2.80 bits per heavy atom. The minimum absolute atomic E-state index is 0.0120. The van der Waals surface area contributed by atoms with Crippen LogP contribution in [0.1, 0.15) is 49.5 Å². The van der Waals surface area contributed by atoms with Crippen LogP contribution in [-0.4, -0.2) is 33.4 Å². The number of hydrogen-bond donors (Lipinski definition) is 0. The van der Waals surface area contributed by atoms with Crippen LogP contribution in [-0.2, 0) is 0 Å². The Balaban J connectivity index is 1.81. The fourth-order valence-electron chi connectivity index (χ4n) is 3.74. The van der Waals surface area contributed by atoms with E-state index in [2.05, 4.69) is 16.9 Å². The van der Waals surface area contributed by atoms with Crippen molar-refractivity contribution in [3.63, 3.8) is 0 Å². The van der Waals surface area contributed by atoms with Crippen LogP contribution in [0.4, 0.5) is 0 Å². The van der Waals surface area contributed by atoms with Crippen molar-refractivity contribution in [1.82, 2.24) is 14.9 Å². The van der Waals surface area contributed by atoms with E-state index in [9.17, 15) is 4.79 Å². The third-order valence-corrected chi connectivity index (χ3v) is 5.03. The molecule has 0 aromatic carbocycles. The lowest BCUT2D eigenvalue weighted by Crippen LogP contribution is -2.52. The average molecular weight is 294 g/mol. The quantitative estimate of drug-likeness (QED) is 0.799. The van der Waals surface area contributed by atoms with Gasteiger partial charge in [0.25, 0.3) is 5.91 Å². The summed E-state index contributed by atoms with van der Waals surface area (Å²) in [6.07, 6.45) is 8.93. The molecule has 2 heterocycles. The number of carbonyl (C=O) groups is 1. The molecule has 5 heteroatoms. The number of aromatic nitrogens is 2. The number of carbonyl (C=O) groups excluding carboxylic acids is 1. The molecule has 2 fully saturated rings. The van der Waals surface area contributed by atoms with Gasteiger partial charge in [-0.3, -0.25) is 4.79 Å². The fraction of sp³-hybridized carbons (Fsp3) is 0.667. The minimum atomic E-state index is 0.0120. The van der Waals surface area contributed by atoms with Crippen molar-refractivity contribution in [1.29, 1.82) is 0 Å². The predicted molar refractivity (Wildman–Crippen MR) is 77.6 cm³/mol. The van der Waals surface area contributed by atoms with Crippen LogP contribution >= 0.6 is 11.6 Å². The van der Waals surface area contributed by atoms with E-state index in [-0.39, 0.29) is 5.91 Å². The summed E-state index contributed by atoms with van der Waals surface area (Å²) in [5, 5.41) is 0.323. The van der Waals surface area contributed by atoms with Crippen molar-refractivity contribution in [2.75, 3.05) is 6.54 Å². The van der Waals surface area contributed by atoms with Gasteiger partial charge in [0.1, 0.15) is 10.8 Å². The molecule has 0 bridgehead atoms. The summed E-state index contributed by atoms with van der Waals surface area (Å²) in [7, 11) is 0. The van der Waals surface area contributed by atoms with E-state index in [1.807, 2.05) is 4.90 Å². The van der Waals surface area contributed by atoms with Crippen LogP contribution in [0.3, 0.4) is 0 Å². The highest BCUT2D eigenvalue weighted by molar-refractivity contribution is 6.29. The molecule has 1 aromatic heterocycles. The summed E-state index contributed by atoms with van der Waals surface area (Å²) in [4.78, 5) is 22.8. The summed E-state index contributed by atoms with van der Waals surface area (Å²) in [6, 6.07) is 0.387. The zero-order chi connectivity index (χ0) is 14.1. The number of nitrogens with zero attached hydrogens (tertiary/aromatic N) is 3. The van der Waals surface area contributed by atoms with Gasteiger partial charge in [0.15, 0.2) is 0 Å². The number of rotatable bonds is 1. The van der Waals surface area contributed by atoms with Gasteiger partial charge >= 0.3 is 0 Å². The van der Waals surface area contributed by atoms with E-state index in [4.69, 9.17) is 11.6 Å². The molecule has 3 atom stereocenters. The predicted octanol–water partition coefficient (Wildman–Crippen LogP) is 3.17. The first-order chi connectivity index (χ1) is 9.66. The van der Waals surface area contributed by atoms with E-state index in [0.717, 1.165) is 25.3 Å². The summed E-state index contributed by atoms with van der Waals surface area (Å²) < 4.78 is 0. The van der Waals surface area contributed by atoms with Crippen LogP contribution in [0.5, 0.6) is 0 Å². The highest BCUT2D eigenvalue weighted by Gasteiger charge is 2.39. The van der Waals surface area contributed by atoms with Crippen molar-refractivity contribution >= 4 is 17.5 Å². The molecule has 1 aliphatic heterocycles.